The largest absolute Gasteiger partial charge is 0.392 e. The van der Waals surface area contributed by atoms with E-state index < -0.39 is 27.6 Å². The topological polar surface area (TPSA) is 117 Å². The van der Waals surface area contributed by atoms with Crippen LogP contribution in [0.4, 0.5) is 5.13 Å². The standard InChI is InChI=1S/C28H39N3O5S2/c1-6-31(7-2)26(34)17(3)20-13-14-28(5)15-21-24(18(4)23(28)25(20)33)30-27(37-21)29-22(32)16-38(35,36)19-11-9-8-10-12-19/h8-12,17-18,20,23,25,33H,6-7,13-16H2,1-5H3,(H,29,30,32)/t17-,18-,20+,23+,25-,28+/m0/s1. The molecule has 1 aromatic heterocycles. The van der Waals surface area contributed by atoms with Crippen molar-refractivity contribution in [2.24, 2.45) is 23.2 Å². The number of anilines is 1. The van der Waals surface area contributed by atoms with E-state index in [-0.39, 0.29) is 39.9 Å². The third kappa shape index (κ3) is 5.40. The van der Waals surface area contributed by atoms with Crippen molar-refractivity contribution in [3.8, 4) is 0 Å². The van der Waals surface area contributed by atoms with Gasteiger partial charge >= 0.3 is 0 Å². The Balaban J connectivity index is 1.51. The zero-order valence-electron chi connectivity index (χ0n) is 22.8. The zero-order valence-corrected chi connectivity index (χ0v) is 24.4. The zero-order chi connectivity index (χ0) is 27.8. The van der Waals surface area contributed by atoms with Gasteiger partial charge in [0.25, 0.3) is 0 Å². The number of nitrogens with zero attached hydrogens (tertiary/aromatic N) is 2. The molecule has 2 aliphatic carbocycles. The average Bonchev–Trinajstić information content (AvgIpc) is 3.26. The normalized spacial score (nSPS) is 27.6. The van der Waals surface area contributed by atoms with Crippen LogP contribution in [0.25, 0.3) is 0 Å². The second kappa shape index (κ2) is 11.1. The molecule has 2 amide bonds. The van der Waals surface area contributed by atoms with Gasteiger partial charge in [-0.25, -0.2) is 13.4 Å². The van der Waals surface area contributed by atoms with Gasteiger partial charge in [-0.15, -0.1) is 11.3 Å². The second-order valence-electron chi connectivity index (χ2n) is 11.1. The monoisotopic (exact) mass is 561 g/mol. The molecule has 2 N–H and O–H groups in total. The Bertz CT molecular complexity index is 1270. The molecule has 0 aliphatic heterocycles. The minimum atomic E-state index is -3.76. The van der Waals surface area contributed by atoms with Crippen LogP contribution in [0.1, 0.15) is 63.9 Å². The van der Waals surface area contributed by atoms with E-state index in [2.05, 4.69) is 19.2 Å². The fourth-order valence-corrected chi connectivity index (χ4v) is 9.08. The number of carbonyl (C=O) groups is 2. The number of hydrogen-bond acceptors (Lipinski definition) is 7. The molecule has 1 heterocycles. The van der Waals surface area contributed by atoms with Crippen LogP contribution in [-0.2, 0) is 25.8 Å². The van der Waals surface area contributed by atoms with Gasteiger partial charge in [0.05, 0.1) is 16.7 Å². The van der Waals surface area contributed by atoms with E-state index in [9.17, 15) is 23.1 Å². The molecule has 2 aromatic rings. The molecule has 6 atom stereocenters. The van der Waals surface area contributed by atoms with E-state index in [0.29, 0.717) is 18.2 Å². The number of nitrogens with one attached hydrogen (secondary N) is 1. The first-order chi connectivity index (χ1) is 17.9. The molecule has 0 radical (unpaired) electrons. The van der Waals surface area contributed by atoms with E-state index in [0.717, 1.165) is 29.8 Å². The van der Waals surface area contributed by atoms with E-state index in [1.54, 1.807) is 18.2 Å². The average molecular weight is 562 g/mol. The number of thiazole rings is 1. The predicted molar refractivity (Wildman–Crippen MR) is 149 cm³/mol. The quantitative estimate of drug-likeness (QED) is 0.501. The lowest BCUT2D eigenvalue weighted by Crippen LogP contribution is -2.53. The Morgan fingerprint density at radius 2 is 1.89 bits per heavy atom. The number of aromatic nitrogens is 1. The van der Waals surface area contributed by atoms with E-state index in [1.165, 1.54) is 23.5 Å². The number of carbonyl (C=O) groups excluding carboxylic acids is 2. The molecule has 10 heteroatoms. The molecule has 8 nitrogen and oxygen atoms in total. The van der Waals surface area contributed by atoms with E-state index >= 15 is 0 Å². The van der Waals surface area contributed by atoms with Crippen molar-refractivity contribution in [2.45, 2.75) is 70.8 Å². The molecule has 1 saturated carbocycles. The Morgan fingerprint density at radius 1 is 1.24 bits per heavy atom. The van der Waals surface area contributed by atoms with Crippen molar-refractivity contribution in [1.82, 2.24) is 9.88 Å². The van der Waals surface area contributed by atoms with Gasteiger partial charge in [-0.1, -0.05) is 39.0 Å². The van der Waals surface area contributed by atoms with Gasteiger partial charge in [0.15, 0.2) is 15.0 Å². The lowest BCUT2D eigenvalue weighted by Gasteiger charge is -2.53. The third-order valence-electron chi connectivity index (χ3n) is 8.70. The van der Waals surface area contributed by atoms with Gasteiger partial charge < -0.3 is 15.3 Å². The van der Waals surface area contributed by atoms with Crippen LogP contribution in [0, 0.1) is 23.2 Å². The molecule has 4 rings (SSSR count). The number of amides is 2. The first-order valence-corrected chi connectivity index (χ1v) is 15.9. The van der Waals surface area contributed by atoms with Crippen molar-refractivity contribution in [2.75, 3.05) is 24.2 Å². The highest BCUT2D eigenvalue weighted by Gasteiger charge is 2.54. The molecule has 1 fully saturated rings. The van der Waals surface area contributed by atoms with Gasteiger partial charge in [-0.2, -0.15) is 0 Å². The summed E-state index contributed by atoms with van der Waals surface area (Å²) in [5.41, 5.74) is 0.700. The number of benzene rings is 1. The molecule has 1 aromatic carbocycles. The van der Waals surface area contributed by atoms with E-state index in [1.807, 2.05) is 25.7 Å². The van der Waals surface area contributed by atoms with Crippen LogP contribution in [0.3, 0.4) is 0 Å². The van der Waals surface area contributed by atoms with Gasteiger partial charge in [-0.3, -0.25) is 9.59 Å². The van der Waals surface area contributed by atoms with Crippen LogP contribution in [0.2, 0.25) is 0 Å². The summed E-state index contributed by atoms with van der Waals surface area (Å²) in [5, 5.41) is 14.7. The van der Waals surface area contributed by atoms with Gasteiger partial charge in [0, 0.05) is 29.8 Å². The van der Waals surface area contributed by atoms with Crippen LogP contribution in [-0.4, -0.2) is 60.2 Å². The van der Waals surface area contributed by atoms with Crippen LogP contribution in [0.5, 0.6) is 0 Å². The van der Waals surface area contributed by atoms with Crippen molar-refractivity contribution < 1.29 is 23.1 Å². The second-order valence-corrected chi connectivity index (χ2v) is 14.2. The summed E-state index contributed by atoms with van der Waals surface area (Å²) in [5.74, 6) is -1.70. The smallest absolute Gasteiger partial charge is 0.241 e. The molecule has 0 bridgehead atoms. The molecule has 0 spiro atoms. The maximum absolute atomic E-state index is 13.1. The summed E-state index contributed by atoms with van der Waals surface area (Å²) in [6.07, 6.45) is 1.77. The van der Waals surface area contributed by atoms with Crippen molar-refractivity contribution in [3.63, 3.8) is 0 Å². The summed E-state index contributed by atoms with van der Waals surface area (Å²) >= 11 is 1.39. The van der Waals surface area contributed by atoms with Crippen molar-refractivity contribution in [1.29, 1.82) is 0 Å². The van der Waals surface area contributed by atoms with E-state index in [4.69, 9.17) is 4.98 Å². The lowest BCUT2D eigenvalue weighted by atomic mass is 9.53. The Labute approximate surface area is 229 Å². The number of sulfone groups is 1. The highest BCUT2D eigenvalue weighted by molar-refractivity contribution is 7.92. The Morgan fingerprint density at radius 3 is 2.53 bits per heavy atom. The Kier molecular flexibility index (Phi) is 8.35. The highest BCUT2D eigenvalue weighted by Crippen LogP contribution is 2.57. The first kappa shape index (κ1) is 28.7. The predicted octanol–water partition coefficient (Wildman–Crippen LogP) is 4.11. The number of aliphatic hydroxyl groups is 1. The first-order valence-electron chi connectivity index (χ1n) is 13.5. The van der Waals surface area contributed by atoms with Crippen molar-refractivity contribution >= 4 is 38.1 Å². The number of fused-ring (bicyclic) bond motifs is 2. The lowest BCUT2D eigenvalue weighted by molar-refractivity contribution is -0.144. The van der Waals surface area contributed by atoms with Gasteiger partial charge in [-0.05, 0) is 62.5 Å². The molecule has 38 heavy (non-hydrogen) atoms. The van der Waals surface area contributed by atoms with Crippen LogP contribution < -0.4 is 5.32 Å². The minimum Gasteiger partial charge on any atom is -0.392 e. The molecular formula is C28H39N3O5S2. The summed E-state index contributed by atoms with van der Waals surface area (Å²) < 4.78 is 25.2. The maximum Gasteiger partial charge on any atom is 0.241 e. The molecule has 208 valence electrons. The number of aliphatic hydroxyl groups excluding tert-OH is 1. The van der Waals surface area contributed by atoms with Crippen LogP contribution in [0.15, 0.2) is 35.2 Å². The molecule has 0 saturated heterocycles. The van der Waals surface area contributed by atoms with Gasteiger partial charge in [0.1, 0.15) is 5.75 Å². The fourth-order valence-electron chi connectivity index (χ4n) is 6.65. The molecule has 0 unspecified atom stereocenters. The summed E-state index contributed by atoms with van der Waals surface area (Å²) in [7, 11) is -3.76. The molecule has 2 aliphatic rings. The summed E-state index contributed by atoms with van der Waals surface area (Å²) in [6, 6.07) is 7.93. The maximum atomic E-state index is 13.1. The fraction of sp³-hybridized carbons (Fsp3) is 0.607. The van der Waals surface area contributed by atoms with Crippen LogP contribution >= 0.6 is 11.3 Å². The Hall–Kier alpha value is -2.30. The summed E-state index contributed by atoms with van der Waals surface area (Å²) in [6.45, 7) is 11.5. The molecular weight excluding hydrogens is 522 g/mol. The highest BCUT2D eigenvalue weighted by atomic mass is 32.2. The van der Waals surface area contributed by atoms with Gasteiger partial charge in [0.2, 0.25) is 11.8 Å². The SMILES string of the molecule is CCN(CC)C(=O)[C@@H](C)[C@H]1CC[C@]2(C)Cc3sc(NC(=O)CS(=O)(=O)c4ccccc4)nc3[C@@H](C)[C@@H]2[C@H]1O. The van der Waals surface area contributed by atoms with Crippen molar-refractivity contribution in [3.05, 3.63) is 40.9 Å². The number of rotatable bonds is 8. The number of hydrogen-bond donors (Lipinski definition) is 2. The summed E-state index contributed by atoms with van der Waals surface area (Å²) in [4.78, 5) is 33.4. The third-order valence-corrected chi connectivity index (χ3v) is 11.3. The minimum absolute atomic E-state index is 0.0627.